The van der Waals surface area contributed by atoms with E-state index in [-0.39, 0.29) is 11.7 Å². The number of methoxy groups -OCH3 is 1. The number of fused-ring (bicyclic) bond motifs is 1. The summed E-state index contributed by atoms with van der Waals surface area (Å²) in [5, 5.41) is 0.690. The van der Waals surface area contributed by atoms with Crippen LogP contribution in [0.25, 0.3) is 10.2 Å². The summed E-state index contributed by atoms with van der Waals surface area (Å²) in [6.45, 7) is 1.34. The molecule has 9 heteroatoms. The van der Waals surface area contributed by atoms with Crippen LogP contribution in [0.3, 0.4) is 0 Å². The Labute approximate surface area is 194 Å². The average molecular weight is 471 g/mol. The molecule has 0 atom stereocenters. The lowest BCUT2D eigenvalue weighted by Crippen LogP contribution is -2.32. The Kier molecular flexibility index (Phi) is 7.39. The van der Waals surface area contributed by atoms with Gasteiger partial charge in [0.25, 0.3) is 0 Å². The summed E-state index contributed by atoms with van der Waals surface area (Å²) in [5.74, 6) is 1.14. The maximum atomic E-state index is 13.2. The molecule has 6 nitrogen and oxygen atoms in total. The summed E-state index contributed by atoms with van der Waals surface area (Å²) in [4.78, 5) is 24.6. The molecule has 0 fully saturated rings. The first kappa shape index (κ1) is 22.3. The molecule has 2 aromatic heterocycles. The molecule has 0 aliphatic heterocycles. The first-order valence-corrected chi connectivity index (χ1v) is 12.0. The van der Waals surface area contributed by atoms with Crippen molar-refractivity contribution in [3.05, 3.63) is 67.0 Å². The van der Waals surface area contributed by atoms with Gasteiger partial charge < -0.3 is 9.30 Å². The van der Waals surface area contributed by atoms with Gasteiger partial charge in [-0.25, -0.2) is 14.4 Å². The van der Waals surface area contributed by atoms with Gasteiger partial charge in [0, 0.05) is 42.6 Å². The van der Waals surface area contributed by atoms with Crippen LogP contribution >= 0.6 is 23.1 Å². The topological polar surface area (TPSA) is 60.2 Å². The second-order valence-electron chi connectivity index (χ2n) is 7.08. The molecular formula is C23H23FN4O2S2. The molecule has 4 aromatic rings. The van der Waals surface area contributed by atoms with Crippen molar-refractivity contribution >= 4 is 44.4 Å². The number of carbonyl (C=O) groups excluding carboxylic acids is 1. The number of benzene rings is 2. The van der Waals surface area contributed by atoms with Crippen molar-refractivity contribution in [2.45, 2.75) is 24.3 Å². The van der Waals surface area contributed by atoms with E-state index in [0.717, 1.165) is 33.8 Å². The summed E-state index contributed by atoms with van der Waals surface area (Å²) in [6, 6.07) is 12.0. The third-order valence-corrected chi connectivity index (χ3v) is 6.93. The summed E-state index contributed by atoms with van der Waals surface area (Å²) >= 11 is 3.03. The van der Waals surface area contributed by atoms with Gasteiger partial charge in [-0.15, -0.1) is 11.8 Å². The third-order valence-electron chi connectivity index (χ3n) is 4.87. The van der Waals surface area contributed by atoms with Crippen LogP contribution in [0.5, 0.6) is 5.75 Å². The van der Waals surface area contributed by atoms with Crippen LogP contribution in [0, 0.1) is 5.82 Å². The van der Waals surface area contributed by atoms with Crippen LogP contribution in [0.4, 0.5) is 9.52 Å². The largest absolute Gasteiger partial charge is 0.497 e. The quantitative estimate of drug-likeness (QED) is 0.297. The Bertz CT molecular complexity index is 1160. The highest BCUT2D eigenvalue weighted by Crippen LogP contribution is 2.32. The molecule has 0 aliphatic carbocycles. The van der Waals surface area contributed by atoms with Gasteiger partial charge in [0.15, 0.2) is 5.13 Å². The molecule has 4 rings (SSSR count). The van der Waals surface area contributed by atoms with Gasteiger partial charge in [0.2, 0.25) is 5.91 Å². The van der Waals surface area contributed by atoms with Gasteiger partial charge >= 0.3 is 0 Å². The number of hydrogen-bond acceptors (Lipinski definition) is 6. The summed E-state index contributed by atoms with van der Waals surface area (Å²) in [7, 11) is 1.63. The van der Waals surface area contributed by atoms with Crippen LogP contribution < -0.4 is 9.64 Å². The van der Waals surface area contributed by atoms with Gasteiger partial charge in [-0.1, -0.05) is 11.3 Å². The smallest absolute Gasteiger partial charge is 0.229 e. The van der Waals surface area contributed by atoms with Crippen LogP contribution in [0.1, 0.15) is 12.8 Å². The molecule has 0 N–H and O–H groups in total. The Morgan fingerprint density at radius 1 is 1.25 bits per heavy atom. The number of ether oxygens (including phenoxy) is 1. The number of hydrogen-bond donors (Lipinski definition) is 0. The van der Waals surface area contributed by atoms with E-state index in [1.165, 1.54) is 23.5 Å². The van der Waals surface area contributed by atoms with Crippen LogP contribution in [0.2, 0.25) is 0 Å². The van der Waals surface area contributed by atoms with Crippen molar-refractivity contribution < 1.29 is 13.9 Å². The minimum atomic E-state index is -0.262. The molecule has 166 valence electrons. The van der Waals surface area contributed by atoms with E-state index >= 15 is 0 Å². The second-order valence-corrected chi connectivity index (χ2v) is 9.26. The van der Waals surface area contributed by atoms with Crippen molar-refractivity contribution in [1.82, 2.24) is 14.5 Å². The fraction of sp³-hybridized carbons (Fsp3) is 0.261. The SMILES string of the molecule is COc1ccc2nc(N(CCCn3ccnc3)C(=O)CCSc3ccc(F)cc3)sc2c1. The van der Waals surface area contributed by atoms with E-state index in [1.807, 2.05) is 29.0 Å². The normalized spacial score (nSPS) is 11.1. The maximum Gasteiger partial charge on any atom is 0.229 e. The van der Waals surface area contributed by atoms with Crippen LogP contribution in [-0.2, 0) is 11.3 Å². The number of halogens is 1. The van der Waals surface area contributed by atoms with Crippen molar-refractivity contribution in [2.24, 2.45) is 0 Å². The highest BCUT2D eigenvalue weighted by atomic mass is 32.2. The average Bonchev–Trinajstić information content (AvgIpc) is 3.47. The van der Waals surface area contributed by atoms with Crippen LogP contribution in [-0.4, -0.2) is 39.8 Å². The highest BCUT2D eigenvalue weighted by molar-refractivity contribution is 7.99. The standard InChI is InChI=1S/C23H23FN4O2S2/c1-30-18-5-8-20-21(15-18)32-23(26-20)28(12-2-11-27-13-10-25-16-27)22(29)9-14-31-19-6-3-17(24)4-7-19/h3-8,10,13,15-16H,2,9,11-12,14H2,1H3. The zero-order valence-electron chi connectivity index (χ0n) is 17.6. The molecule has 0 unspecified atom stereocenters. The molecule has 0 aliphatic rings. The number of nitrogens with zero attached hydrogens (tertiary/aromatic N) is 4. The van der Waals surface area contributed by atoms with E-state index in [0.29, 0.717) is 23.8 Å². The molecule has 0 saturated heterocycles. The van der Waals surface area contributed by atoms with Gasteiger partial charge in [-0.3, -0.25) is 9.69 Å². The lowest BCUT2D eigenvalue weighted by molar-refractivity contribution is -0.118. The third kappa shape index (κ3) is 5.66. The Hall–Kier alpha value is -2.91. The Morgan fingerprint density at radius 2 is 2.09 bits per heavy atom. The van der Waals surface area contributed by atoms with Gasteiger partial charge in [0.05, 0.1) is 23.7 Å². The molecule has 2 heterocycles. The van der Waals surface area contributed by atoms with Crippen molar-refractivity contribution in [3.8, 4) is 5.75 Å². The minimum Gasteiger partial charge on any atom is -0.497 e. The number of carbonyl (C=O) groups is 1. The van der Waals surface area contributed by atoms with Gasteiger partial charge in [-0.05, 0) is 48.9 Å². The van der Waals surface area contributed by atoms with E-state index in [1.54, 1.807) is 48.4 Å². The molecule has 0 spiro atoms. The van der Waals surface area contributed by atoms with Crippen LogP contribution in [0.15, 0.2) is 66.1 Å². The Morgan fingerprint density at radius 3 is 2.84 bits per heavy atom. The summed E-state index contributed by atoms with van der Waals surface area (Å²) in [6.07, 6.45) is 6.58. The zero-order valence-corrected chi connectivity index (χ0v) is 19.2. The van der Waals surface area contributed by atoms with Crippen molar-refractivity contribution in [2.75, 3.05) is 24.3 Å². The molecule has 2 aromatic carbocycles. The fourth-order valence-electron chi connectivity index (χ4n) is 3.21. The van der Waals surface area contributed by atoms with E-state index in [2.05, 4.69) is 4.98 Å². The zero-order chi connectivity index (χ0) is 22.3. The predicted molar refractivity (Wildman–Crippen MR) is 127 cm³/mol. The lowest BCUT2D eigenvalue weighted by Gasteiger charge is -2.20. The first-order chi connectivity index (χ1) is 15.6. The van der Waals surface area contributed by atoms with E-state index < -0.39 is 0 Å². The summed E-state index contributed by atoms with van der Waals surface area (Å²) in [5.41, 5.74) is 0.846. The molecule has 0 bridgehead atoms. The van der Waals surface area contributed by atoms with E-state index in [4.69, 9.17) is 9.72 Å². The lowest BCUT2D eigenvalue weighted by atomic mass is 10.3. The monoisotopic (exact) mass is 470 g/mol. The van der Waals surface area contributed by atoms with Crippen molar-refractivity contribution in [1.29, 1.82) is 0 Å². The van der Waals surface area contributed by atoms with Gasteiger partial charge in [-0.2, -0.15) is 0 Å². The number of thiazole rings is 1. The minimum absolute atomic E-state index is 0.0243. The molecular weight excluding hydrogens is 447 g/mol. The fourth-order valence-corrected chi connectivity index (χ4v) is 5.09. The second kappa shape index (κ2) is 10.6. The predicted octanol–water partition coefficient (Wildman–Crippen LogP) is 5.25. The molecule has 32 heavy (non-hydrogen) atoms. The molecule has 1 amide bonds. The number of anilines is 1. The maximum absolute atomic E-state index is 13.2. The number of rotatable bonds is 10. The number of aromatic nitrogens is 3. The highest BCUT2D eigenvalue weighted by Gasteiger charge is 2.19. The van der Waals surface area contributed by atoms with Crippen molar-refractivity contribution in [3.63, 3.8) is 0 Å². The Balaban J connectivity index is 1.45. The summed E-state index contributed by atoms with van der Waals surface area (Å²) < 4.78 is 21.4. The molecule has 0 saturated carbocycles. The number of aryl methyl sites for hydroxylation is 1. The van der Waals surface area contributed by atoms with Gasteiger partial charge in [0.1, 0.15) is 11.6 Å². The molecule has 0 radical (unpaired) electrons. The first-order valence-electron chi connectivity index (χ1n) is 10.2. The number of imidazole rings is 1. The van der Waals surface area contributed by atoms with E-state index in [9.17, 15) is 9.18 Å². The number of amides is 1. The number of thioether (sulfide) groups is 1.